The lowest BCUT2D eigenvalue weighted by molar-refractivity contribution is 0.613. The molecule has 1 aliphatic rings. The van der Waals surface area contributed by atoms with Crippen LogP contribution in [0.2, 0.25) is 0 Å². The zero-order chi connectivity index (χ0) is 14.5. The average Bonchev–Trinajstić information content (AvgIpc) is 3.04. The summed E-state index contributed by atoms with van der Waals surface area (Å²) in [7, 11) is 1.84. The summed E-state index contributed by atoms with van der Waals surface area (Å²) in [4.78, 5) is 4.32. The first-order valence-electron chi connectivity index (χ1n) is 7.80. The molecule has 3 heteroatoms. The first kappa shape index (κ1) is 13.9. The van der Waals surface area contributed by atoms with Gasteiger partial charge in [0, 0.05) is 19.6 Å². The minimum Gasteiger partial charge on any atom is -0.354 e. The molecule has 3 nitrogen and oxygen atoms in total. The summed E-state index contributed by atoms with van der Waals surface area (Å²) in [6.07, 6.45) is 5.19. The second-order valence-electron chi connectivity index (χ2n) is 5.73. The topological polar surface area (TPSA) is 36.4 Å². The summed E-state index contributed by atoms with van der Waals surface area (Å²) in [5, 5.41) is 9.50. The van der Waals surface area contributed by atoms with Crippen molar-refractivity contribution in [1.29, 1.82) is 0 Å². The Morgan fingerprint density at radius 3 is 2.62 bits per heavy atom. The standard InChI is InChI=1S/C18H23N3/c1-19-18(21-17-8-4-5-9-17)20-13-14-10-11-15-6-2-3-7-16(15)12-14/h2-3,6-7,10-12,17H,4-5,8-9,13H2,1H3,(H2,19,20,21). The van der Waals surface area contributed by atoms with Crippen molar-refractivity contribution in [2.24, 2.45) is 4.99 Å². The van der Waals surface area contributed by atoms with E-state index in [1.54, 1.807) is 0 Å². The molecule has 0 aliphatic heterocycles. The van der Waals surface area contributed by atoms with Crippen LogP contribution < -0.4 is 10.6 Å². The van der Waals surface area contributed by atoms with Crippen molar-refractivity contribution in [2.45, 2.75) is 38.3 Å². The Kier molecular flexibility index (Phi) is 4.39. The smallest absolute Gasteiger partial charge is 0.191 e. The van der Waals surface area contributed by atoms with Gasteiger partial charge in [0.2, 0.25) is 0 Å². The molecule has 1 aliphatic carbocycles. The van der Waals surface area contributed by atoms with Gasteiger partial charge in [0.15, 0.2) is 5.96 Å². The predicted octanol–water partition coefficient (Wildman–Crippen LogP) is 3.45. The van der Waals surface area contributed by atoms with Gasteiger partial charge in [-0.1, -0.05) is 49.2 Å². The summed E-state index contributed by atoms with van der Waals surface area (Å²) >= 11 is 0. The van der Waals surface area contributed by atoms with E-state index >= 15 is 0 Å². The zero-order valence-corrected chi connectivity index (χ0v) is 12.6. The second kappa shape index (κ2) is 6.61. The molecule has 2 aromatic carbocycles. The van der Waals surface area contributed by atoms with Gasteiger partial charge in [-0.2, -0.15) is 0 Å². The maximum Gasteiger partial charge on any atom is 0.191 e. The van der Waals surface area contributed by atoms with Crippen molar-refractivity contribution >= 4 is 16.7 Å². The third-order valence-electron chi connectivity index (χ3n) is 4.19. The van der Waals surface area contributed by atoms with E-state index in [1.165, 1.54) is 42.0 Å². The number of hydrogen-bond donors (Lipinski definition) is 2. The van der Waals surface area contributed by atoms with Crippen LogP contribution in [0, 0.1) is 0 Å². The van der Waals surface area contributed by atoms with E-state index < -0.39 is 0 Å². The summed E-state index contributed by atoms with van der Waals surface area (Å²) in [6, 6.07) is 15.7. The fraction of sp³-hybridized carbons (Fsp3) is 0.389. The number of nitrogens with one attached hydrogen (secondary N) is 2. The zero-order valence-electron chi connectivity index (χ0n) is 12.6. The van der Waals surface area contributed by atoms with Crippen molar-refractivity contribution in [2.75, 3.05) is 7.05 Å². The van der Waals surface area contributed by atoms with Crippen molar-refractivity contribution in [1.82, 2.24) is 10.6 Å². The van der Waals surface area contributed by atoms with E-state index in [9.17, 15) is 0 Å². The molecule has 1 fully saturated rings. The van der Waals surface area contributed by atoms with Gasteiger partial charge in [-0.25, -0.2) is 0 Å². The molecule has 2 N–H and O–H groups in total. The fourth-order valence-electron chi connectivity index (χ4n) is 2.99. The van der Waals surface area contributed by atoms with Crippen LogP contribution in [0.3, 0.4) is 0 Å². The molecule has 0 aromatic heterocycles. The molecule has 2 aromatic rings. The van der Waals surface area contributed by atoms with E-state index in [0.29, 0.717) is 6.04 Å². The minimum atomic E-state index is 0.591. The monoisotopic (exact) mass is 281 g/mol. The molecule has 3 rings (SSSR count). The van der Waals surface area contributed by atoms with Crippen molar-refractivity contribution in [3.8, 4) is 0 Å². The molecule has 0 unspecified atom stereocenters. The Morgan fingerprint density at radius 2 is 1.86 bits per heavy atom. The second-order valence-corrected chi connectivity index (χ2v) is 5.73. The molecule has 1 saturated carbocycles. The highest BCUT2D eigenvalue weighted by Gasteiger charge is 2.15. The van der Waals surface area contributed by atoms with Gasteiger partial charge >= 0.3 is 0 Å². The highest BCUT2D eigenvalue weighted by molar-refractivity contribution is 5.83. The van der Waals surface area contributed by atoms with Crippen LogP contribution in [-0.4, -0.2) is 19.0 Å². The lowest BCUT2D eigenvalue weighted by atomic mass is 10.1. The van der Waals surface area contributed by atoms with Gasteiger partial charge in [0.05, 0.1) is 0 Å². The van der Waals surface area contributed by atoms with Crippen molar-refractivity contribution < 1.29 is 0 Å². The first-order chi connectivity index (χ1) is 10.3. The summed E-state index contributed by atoms with van der Waals surface area (Å²) in [5.74, 6) is 0.912. The van der Waals surface area contributed by atoms with E-state index in [-0.39, 0.29) is 0 Å². The van der Waals surface area contributed by atoms with Crippen molar-refractivity contribution in [3.63, 3.8) is 0 Å². The highest BCUT2D eigenvalue weighted by Crippen LogP contribution is 2.18. The van der Waals surface area contributed by atoms with E-state index in [0.717, 1.165) is 12.5 Å². The van der Waals surface area contributed by atoms with E-state index in [4.69, 9.17) is 0 Å². The van der Waals surface area contributed by atoms with E-state index in [2.05, 4.69) is 58.1 Å². The van der Waals surface area contributed by atoms with Crippen LogP contribution in [0.4, 0.5) is 0 Å². The number of aliphatic imine (C=N–C) groups is 1. The molecular weight excluding hydrogens is 258 g/mol. The molecule has 110 valence electrons. The SMILES string of the molecule is CN=C(NCc1ccc2ccccc2c1)NC1CCCC1. The minimum absolute atomic E-state index is 0.591. The summed E-state index contributed by atoms with van der Waals surface area (Å²) < 4.78 is 0. The Bertz CT molecular complexity index is 627. The van der Waals surface area contributed by atoms with Gasteiger partial charge in [-0.05, 0) is 35.2 Å². The van der Waals surface area contributed by atoms with Crippen molar-refractivity contribution in [3.05, 3.63) is 48.0 Å². The number of guanidine groups is 1. The number of benzene rings is 2. The van der Waals surface area contributed by atoms with Crippen LogP contribution >= 0.6 is 0 Å². The van der Waals surface area contributed by atoms with Crippen LogP contribution in [0.25, 0.3) is 10.8 Å². The molecule has 0 bridgehead atoms. The highest BCUT2D eigenvalue weighted by atomic mass is 15.2. The van der Waals surface area contributed by atoms with Gasteiger partial charge < -0.3 is 10.6 Å². The largest absolute Gasteiger partial charge is 0.354 e. The number of rotatable bonds is 3. The maximum absolute atomic E-state index is 4.32. The number of hydrogen-bond acceptors (Lipinski definition) is 1. The summed E-state index contributed by atoms with van der Waals surface area (Å²) in [6.45, 7) is 0.803. The lowest BCUT2D eigenvalue weighted by Crippen LogP contribution is -2.41. The van der Waals surface area contributed by atoms with Gasteiger partial charge in [0.25, 0.3) is 0 Å². The van der Waals surface area contributed by atoms with Crippen LogP contribution in [-0.2, 0) is 6.54 Å². The quantitative estimate of drug-likeness (QED) is 0.668. The molecule has 21 heavy (non-hydrogen) atoms. The van der Waals surface area contributed by atoms with E-state index in [1.807, 2.05) is 7.05 Å². The van der Waals surface area contributed by atoms with Gasteiger partial charge in [-0.15, -0.1) is 0 Å². The normalized spacial score (nSPS) is 16.3. The molecule has 0 saturated heterocycles. The Morgan fingerprint density at radius 1 is 1.10 bits per heavy atom. The summed E-state index contributed by atoms with van der Waals surface area (Å²) in [5.41, 5.74) is 1.28. The Balaban J connectivity index is 1.61. The maximum atomic E-state index is 4.32. The van der Waals surface area contributed by atoms with Crippen LogP contribution in [0.15, 0.2) is 47.5 Å². The molecule has 0 radical (unpaired) electrons. The van der Waals surface area contributed by atoms with Crippen LogP contribution in [0.5, 0.6) is 0 Å². The molecule has 0 atom stereocenters. The third kappa shape index (κ3) is 3.54. The van der Waals surface area contributed by atoms with Crippen LogP contribution in [0.1, 0.15) is 31.2 Å². The average molecular weight is 281 g/mol. The fourth-order valence-corrected chi connectivity index (χ4v) is 2.99. The third-order valence-corrected chi connectivity index (χ3v) is 4.19. The number of nitrogens with zero attached hydrogens (tertiary/aromatic N) is 1. The Labute approximate surface area is 126 Å². The van der Waals surface area contributed by atoms with Gasteiger partial charge in [0.1, 0.15) is 0 Å². The predicted molar refractivity (Wildman–Crippen MR) is 89.5 cm³/mol. The van der Waals surface area contributed by atoms with Gasteiger partial charge in [-0.3, -0.25) is 4.99 Å². The molecule has 0 amide bonds. The number of fused-ring (bicyclic) bond motifs is 1. The lowest BCUT2D eigenvalue weighted by Gasteiger charge is -2.17. The first-order valence-corrected chi connectivity index (χ1v) is 7.80. The Hall–Kier alpha value is -2.03. The molecule has 0 heterocycles. The molecular formula is C18H23N3. The molecule has 0 spiro atoms.